The van der Waals surface area contributed by atoms with Crippen LogP contribution in [0.1, 0.15) is 12.0 Å². The summed E-state index contributed by atoms with van der Waals surface area (Å²) < 4.78 is 10.8. The minimum absolute atomic E-state index is 0.252. The summed E-state index contributed by atoms with van der Waals surface area (Å²) in [4.78, 5) is 25.9. The van der Waals surface area contributed by atoms with E-state index in [1.807, 2.05) is 6.26 Å². The third-order valence-electron chi connectivity index (χ3n) is 3.74. The number of ether oxygens (including phenoxy) is 2. The zero-order chi connectivity index (χ0) is 19.3. The van der Waals surface area contributed by atoms with E-state index >= 15 is 0 Å². The molecule has 2 rings (SSSR count). The van der Waals surface area contributed by atoms with Gasteiger partial charge < -0.3 is 14.6 Å². The molecule has 0 aromatic heterocycles. The van der Waals surface area contributed by atoms with Crippen molar-refractivity contribution in [1.29, 1.82) is 0 Å². The maximum Gasteiger partial charge on any atom is 0.326 e. The molecule has 1 atom stereocenters. The quantitative estimate of drug-likeness (QED) is 0.515. The molecule has 26 heavy (non-hydrogen) atoms. The predicted octanol–water partition coefficient (Wildman–Crippen LogP) is 3.11. The second-order valence-corrected chi connectivity index (χ2v) is 7.96. The zero-order valence-corrected chi connectivity index (χ0v) is 17.0. The van der Waals surface area contributed by atoms with Crippen LogP contribution in [0.2, 0.25) is 0 Å². The Balaban J connectivity index is 2.33. The van der Waals surface area contributed by atoms with E-state index in [0.717, 1.165) is 11.8 Å². The Hall–Kier alpha value is -1.71. The Labute approximate surface area is 165 Å². The molecule has 0 aliphatic carbocycles. The number of hydrogen-bond acceptors (Lipinski definition) is 7. The fourth-order valence-corrected chi connectivity index (χ4v) is 4.23. The Bertz CT molecular complexity index is 750. The Morgan fingerprint density at radius 3 is 2.73 bits per heavy atom. The van der Waals surface area contributed by atoms with Gasteiger partial charge in [-0.3, -0.25) is 9.69 Å². The number of carboxylic acid groups (broad SMARTS) is 1. The van der Waals surface area contributed by atoms with E-state index in [9.17, 15) is 14.7 Å². The van der Waals surface area contributed by atoms with Gasteiger partial charge in [0.25, 0.3) is 5.91 Å². The Morgan fingerprint density at radius 2 is 2.15 bits per heavy atom. The summed E-state index contributed by atoms with van der Waals surface area (Å²) in [6.07, 6.45) is 3.88. The molecule has 0 saturated carbocycles. The lowest BCUT2D eigenvalue weighted by Gasteiger charge is -2.22. The normalized spacial score (nSPS) is 16.9. The van der Waals surface area contributed by atoms with Gasteiger partial charge in [-0.2, -0.15) is 11.8 Å². The van der Waals surface area contributed by atoms with E-state index < -0.39 is 17.9 Å². The molecule has 0 radical (unpaired) electrons. The number of rotatable bonds is 8. The molecule has 1 aromatic carbocycles. The highest BCUT2D eigenvalue weighted by molar-refractivity contribution is 8.26. The van der Waals surface area contributed by atoms with Crippen LogP contribution < -0.4 is 9.47 Å². The number of carboxylic acids is 1. The number of carbonyl (C=O) groups excluding carboxylic acids is 1. The van der Waals surface area contributed by atoms with Crippen molar-refractivity contribution in [1.82, 2.24) is 4.90 Å². The van der Waals surface area contributed by atoms with Crippen molar-refractivity contribution in [3.05, 3.63) is 28.7 Å². The van der Waals surface area contributed by atoms with E-state index in [4.69, 9.17) is 21.7 Å². The lowest BCUT2D eigenvalue weighted by Crippen LogP contribution is -2.44. The van der Waals surface area contributed by atoms with Crippen molar-refractivity contribution in [2.75, 3.05) is 26.2 Å². The van der Waals surface area contributed by atoms with Crippen LogP contribution >= 0.6 is 35.7 Å². The maximum absolute atomic E-state index is 12.8. The van der Waals surface area contributed by atoms with Crippen LogP contribution in [0.5, 0.6) is 11.5 Å². The maximum atomic E-state index is 12.8. The topological polar surface area (TPSA) is 76.1 Å². The summed E-state index contributed by atoms with van der Waals surface area (Å²) in [5.41, 5.74) is 0.685. The van der Waals surface area contributed by atoms with Gasteiger partial charge in [-0.05, 0) is 36.6 Å². The summed E-state index contributed by atoms with van der Waals surface area (Å²) in [5.74, 6) is 0.352. The van der Waals surface area contributed by atoms with Gasteiger partial charge in [-0.15, -0.1) is 0 Å². The summed E-state index contributed by atoms with van der Waals surface area (Å²) in [7, 11) is 3.08. The fraction of sp³-hybridized carbons (Fsp3) is 0.353. The SMILES string of the molecule is COc1ccc(/C=C2/SC(=S)N([C@H](CCSC)C(=O)O)C2=O)c(OC)c1. The van der Waals surface area contributed by atoms with Crippen molar-refractivity contribution in [2.45, 2.75) is 12.5 Å². The van der Waals surface area contributed by atoms with Gasteiger partial charge >= 0.3 is 5.97 Å². The molecule has 6 nitrogen and oxygen atoms in total. The van der Waals surface area contributed by atoms with Gasteiger partial charge in [0, 0.05) is 11.6 Å². The standard InChI is InChI=1S/C17H19NO5S3/c1-22-11-5-4-10(13(9-11)23-2)8-14-15(19)18(17(24)26-14)12(16(20)21)6-7-25-3/h4-5,8-9,12H,6-7H2,1-3H3,(H,20,21)/b14-8+/t12-/m1/s1. The molecular weight excluding hydrogens is 394 g/mol. The molecule has 1 aliphatic rings. The lowest BCUT2D eigenvalue weighted by atomic mass is 10.1. The van der Waals surface area contributed by atoms with Gasteiger partial charge in [0.1, 0.15) is 21.9 Å². The lowest BCUT2D eigenvalue weighted by molar-refractivity contribution is -0.145. The number of aliphatic carboxylic acids is 1. The van der Waals surface area contributed by atoms with E-state index in [-0.39, 0.29) is 4.32 Å². The number of thioether (sulfide) groups is 2. The zero-order valence-electron chi connectivity index (χ0n) is 14.6. The monoisotopic (exact) mass is 413 g/mol. The number of benzene rings is 1. The van der Waals surface area contributed by atoms with Gasteiger partial charge in [0.15, 0.2) is 0 Å². The second-order valence-electron chi connectivity index (χ2n) is 5.30. The molecule has 0 bridgehead atoms. The van der Waals surface area contributed by atoms with E-state index in [0.29, 0.717) is 34.1 Å². The first-order valence-electron chi connectivity index (χ1n) is 7.63. The molecule has 1 aromatic rings. The number of methoxy groups -OCH3 is 2. The summed E-state index contributed by atoms with van der Waals surface area (Å²) in [6, 6.07) is 4.28. The molecule has 0 unspecified atom stereocenters. The third kappa shape index (κ3) is 4.52. The first-order chi connectivity index (χ1) is 12.4. The molecule has 1 heterocycles. The van der Waals surface area contributed by atoms with Crippen LogP contribution in [-0.2, 0) is 9.59 Å². The average Bonchev–Trinajstić information content (AvgIpc) is 2.89. The third-order valence-corrected chi connectivity index (χ3v) is 5.72. The average molecular weight is 414 g/mol. The van der Waals surface area contributed by atoms with Gasteiger partial charge in [-0.25, -0.2) is 4.79 Å². The molecule has 9 heteroatoms. The first kappa shape index (κ1) is 20.6. The highest BCUT2D eigenvalue weighted by Gasteiger charge is 2.40. The van der Waals surface area contributed by atoms with E-state index in [1.54, 1.807) is 31.4 Å². The number of thiocarbonyl (C=S) groups is 1. The van der Waals surface area contributed by atoms with Crippen LogP contribution in [0.3, 0.4) is 0 Å². The second kappa shape index (κ2) is 9.29. The molecule has 0 spiro atoms. The smallest absolute Gasteiger partial charge is 0.326 e. The fourth-order valence-electron chi connectivity index (χ4n) is 2.42. The van der Waals surface area contributed by atoms with Crippen LogP contribution in [0.15, 0.2) is 23.1 Å². The summed E-state index contributed by atoms with van der Waals surface area (Å²) in [5, 5.41) is 9.49. The highest BCUT2D eigenvalue weighted by Crippen LogP contribution is 2.36. The van der Waals surface area contributed by atoms with Crippen molar-refractivity contribution >= 4 is 58.0 Å². The predicted molar refractivity (Wildman–Crippen MR) is 109 cm³/mol. The minimum atomic E-state index is -1.06. The van der Waals surface area contributed by atoms with Crippen LogP contribution in [0.25, 0.3) is 6.08 Å². The van der Waals surface area contributed by atoms with Crippen molar-refractivity contribution < 1.29 is 24.2 Å². The molecule has 140 valence electrons. The van der Waals surface area contributed by atoms with E-state index in [2.05, 4.69) is 0 Å². The van der Waals surface area contributed by atoms with Gasteiger partial charge in [-0.1, -0.05) is 24.0 Å². The number of hydrogen-bond donors (Lipinski definition) is 1. The Kier molecular flexibility index (Phi) is 7.36. The molecule has 1 saturated heterocycles. The summed E-state index contributed by atoms with van der Waals surface area (Å²) in [6.45, 7) is 0. The number of carbonyl (C=O) groups is 2. The summed E-state index contributed by atoms with van der Waals surface area (Å²) >= 11 is 7.89. The van der Waals surface area contributed by atoms with Crippen LogP contribution in [0.4, 0.5) is 0 Å². The van der Waals surface area contributed by atoms with E-state index in [1.165, 1.54) is 23.8 Å². The largest absolute Gasteiger partial charge is 0.497 e. The first-order valence-corrected chi connectivity index (χ1v) is 10.3. The van der Waals surface area contributed by atoms with Crippen molar-refractivity contribution in [3.63, 3.8) is 0 Å². The minimum Gasteiger partial charge on any atom is -0.497 e. The highest BCUT2D eigenvalue weighted by atomic mass is 32.2. The Morgan fingerprint density at radius 1 is 1.42 bits per heavy atom. The van der Waals surface area contributed by atoms with Crippen LogP contribution in [-0.4, -0.2) is 58.5 Å². The molecule has 1 amide bonds. The van der Waals surface area contributed by atoms with Crippen molar-refractivity contribution in [3.8, 4) is 11.5 Å². The molecule has 1 N–H and O–H groups in total. The number of amides is 1. The van der Waals surface area contributed by atoms with Gasteiger partial charge in [0.05, 0.1) is 19.1 Å². The number of nitrogens with zero attached hydrogens (tertiary/aromatic N) is 1. The molecule has 1 aliphatic heterocycles. The molecule has 1 fully saturated rings. The van der Waals surface area contributed by atoms with Crippen LogP contribution in [0, 0.1) is 0 Å². The van der Waals surface area contributed by atoms with Gasteiger partial charge in [0.2, 0.25) is 0 Å². The van der Waals surface area contributed by atoms with Crippen molar-refractivity contribution in [2.24, 2.45) is 0 Å². The molecular formula is C17H19NO5S3.